The molecule has 1 heterocycles. The zero-order valence-corrected chi connectivity index (χ0v) is 17.7. The predicted molar refractivity (Wildman–Crippen MR) is 119 cm³/mol. The summed E-state index contributed by atoms with van der Waals surface area (Å²) in [6.07, 6.45) is 1.38. The molecule has 0 bridgehead atoms. The molecule has 32 heavy (non-hydrogen) atoms. The number of halogens is 2. The fourth-order valence-corrected chi connectivity index (χ4v) is 3.46. The van der Waals surface area contributed by atoms with Crippen LogP contribution in [0.15, 0.2) is 72.3 Å². The van der Waals surface area contributed by atoms with E-state index in [4.69, 9.17) is 21.1 Å². The van der Waals surface area contributed by atoms with Crippen molar-refractivity contribution in [1.29, 1.82) is 0 Å². The molecule has 0 spiro atoms. The highest BCUT2D eigenvalue weighted by molar-refractivity contribution is 6.32. The Bertz CT molecular complexity index is 1210. The molecule has 4 rings (SSSR count). The summed E-state index contributed by atoms with van der Waals surface area (Å²) in [7, 11) is 1.43. The first-order valence-corrected chi connectivity index (χ1v) is 10.0. The van der Waals surface area contributed by atoms with Crippen LogP contribution in [0.3, 0.4) is 0 Å². The standard InChI is InChI=1S/C24H18ClFN2O4/c1-31-21-13-17(25)11-16(22(21)32-14-15-7-5-6-10-20(15)26)12-19-23(29)27-28(24(19)30)18-8-3-2-4-9-18/h2-13H,14H2,1H3,(H,27,29). The monoisotopic (exact) mass is 452 g/mol. The van der Waals surface area contributed by atoms with Gasteiger partial charge in [-0.3, -0.25) is 15.0 Å². The molecular formula is C24H18ClFN2O4. The maximum Gasteiger partial charge on any atom is 0.282 e. The van der Waals surface area contributed by atoms with Crippen molar-refractivity contribution < 1.29 is 23.5 Å². The third-order valence-corrected chi connectivity index (χ3v) is 5.02. The van der Waals surface area contributed by atoms with E-state index < -0.39 is 17.6 Å². The van der Waals surface area contributed by atoms with Gasteiger partial charge in [0.25, 0.3) is 11.8 Å². The molecule has 162 valence electrons. The Labute approximate surface area is 188 Å². The fraction of sp³-hybridized carbons (Fsp3) is 0.0833. The fourth-order valence-electron chi connectivity index (χ4n) is 3.24. The van der Waals surface area contributed by atoms with Gasteiger partial charge in [0.05, 0.1) is 12.8 Å². The van der Waals surface area contributed by atoms with Gasteiger partial charge in [-0.2, -0.15) is 0 Å². The molecule has 2 amide bonds. The van der Waals surface area contributed by atoms with Crippen molar-refractivity contribution >= 4 is 35.2 Å². The summed E-state index contributed by atoms with van der Waals surface area (Å²) in [6, 6.07) is 18.0. The normalized spacial score (nSPS) is 14.6. The van der Waals surface area contributed by atoms with Crippen molar-refractivity contribution in [3.05, 3.63) is 94.3 Å². The molecule has 3 aromatic rings. The molecule has 1 aliphatic rings. The number of amides is 2. The number of methoxy groups -OCH3 is 1. The second-order valence-electron chi connectivity index (χ2n) is 6.88. The van der Waals surface area contributed by atoms with E-state index in [1.165, 1.54) is 25.3 Å². The van der Waals surface area contributed by atoms with Gasteiger partial charge in [-0.15, -0.1) is 0 Å². The van der Waals surface area contributed by atoms with Gasteiger partial charge in [0.15, 0.2) is 11.5 Å². The minimum atomic E-state index is -0.571. The number of nitrogens with one attached hydrogen (secondary N) is 1. The van der Waals surface area contributed by atoms with E-state index in [9.17, 15) is 14.0 Å². The van der Waals surface area contributed by atoms with Crippen LogP contribution in [-0.4, -0.2) is 18.9 Å². The largest absolute Gasteiger partial charge is 0.493 e. The van der Waals surface area contributed by atoms with Gasteiger partial charge in [-0.25, -0.2) is 9.40 Å². The minimum Gasteiger partial charge on any atom is -0.493 e. The lowest BCUT2D eigenvalue weighted by atomic mass is 10.1. The highest BCUT2D eigenvalue weighted by Gasteiger charge is 2.34. The number of nitrogens with zero attached hydrogens (tertiary/aromatic N) is 1. The number of carbonyl (C=O) groups is 2. The lowest BCUT2D eigenvalue weighted by Crippen LogP contribution is -2.35. The lowest BCUT2D eigenvalue weighted by molar-refractivity contribution is -0.117. The smallest absolute Gasteiger partial charge is 0.282 e. The summed E-state index contributed by atoms with van der Waals surface area (Å²) in [6.45, 7) is -0.0862. The van der Waals surface area contributed by atoms with Crippen LogP contribution in [-0.2, 0) is 16.2 Å². The number of hydrogen-bond donors (Lipinski definition) is 1. The Morgan fingerprint density at radius 2 is 1.78 bits per heavy atom. The van der Waals surface area contributed by atoms with Crippen LogP contribution in [0.2, 0.25) is 5.02 Å². The quantitative estimate of drug-likeness (QED) is 0.441. The third kappa shape index (κ3) is 4.29. The topological polar surface area (TPSA) is 67.9 Å². The summed E-state index contributed by atoms with van der Waals surface area (Å²) in [4.78, 5) is 25.5. The maximum atomic E-state index is 14.0. The molecule has 0 saturated carbocycles. The molecule has 0 unspecified atom stereocenters. The molecule has 3 aromatic carbocycles. The van der Waals surface area contributed by atoms with Crippen LogP contribution in [0.25, 0.3) is 6.08 Å². The summed E-state index contributed by atoms with van der Waals surface area (Å²) >= 11 is 6.21. The number of ether oxygens (including phenoxy) is 2. The Morgan fingerprint density at radius 1 is 1.06 bits per heavy atom. The number of rotatable bonds is 6. The van der Waals surface area contributed by atoms with E-state index in [0.717, 1.165) is 5.01 Å². The molecule has 1 fully saturated rings. The van der Waals surface area contributed by atoms with Crippen LogP contribution in [0.5, 0.6) is 11.5 Å². The zero-order valence-electron chi connectivity index (χ0n) is 17.0. The molecular weight excluding hydrogens is 435 g/mol. The maximum absolute atomic E-state index is 14.0. The van der Waals surface area contributed by atoms with Gasteiger partial charge in [0.2, 0.25) is 0 Å². The van der Waals surface area contributed by atoms with Gasteiger partial charge in [-0.1, -0.05) is 48.0 Å². The molecule has 6 nitrogen and oxygen atoms in total. The van der Waals surface area contributed by atoms with E-state index >= 15 is 0 Å². The van der Waals surface area contributed by atoms with Crippen molar-refractivity contribution in [2.45, 2.75) is 6.61 Å². The molecule has 0 aliphatic carbocycles. The number of hydrazine groups is 1. The number of para-hydroxylation sites is 1. The Morgan fingerprint density at radius 3 is 2.50 bits per heavy atom. The minimum absolute atomic E-state index is 0.0862. The van der Waals surface area contributed by atoms with E-state index in [1.807, 2.05) is 0 Å². The van der Waals surface area contributed by atoms with Crippen LogP contribution < -0.4 is 19.9 Å². The number of hydrogen-bond acceptors (Lipinski definition) is 4. The number of carbonyl (C=O) groups excluding carboxylic acids is 2. The summed E-state index contributed by atoms with van der Waals surface area (Å²) in [5, 5.41) is 1.48. The average Bonchev–Trinajstić information content (AvgIpc) is 3.08. The molecule has 0 radical (unpaired) electrons. The highest BCUT2D eigenvalue weighted by Crippen LogP contribution is 2.37. The number of anilines is 1. The second kappa shape index (κ2) is 9.11. The SMILES string of the molecule is COc1cc(Cl)cc(C=C2C(=O)NN(c3ccccc3)C2=O)c1OCc1ccccc1F. The van der Waals surface area contributed by atoms with Gasteiger partial charge in [0.1, 0.15) is 18.0 Å². The zero-order chi connectivity index (χ0) is 22.7. The molecule has 1 N–H and O–H groups in total. The Kier molecular flexibility index (Phi) is 6.09. The number of benzene rings is 3. The molecule has 1 saturated heterocycles. The van der Waals surface area contributed by atoms with Gasteiger partial charge < -0.3 is 9.47 Å². The van der Waals surface area contributed by atoms with Crippen LogP contribution in [0, 0.1) is 5.82 Å². The van der Waals surface area contributed by atoms with Crippen molar-refractivity contribution in [2.24, 2.45) is 0 Å². The summed E-state index contributed by atoms with van der Waals surface area (Å²) in [5.74, 6) is -1.000. The van der Waals surface area contributed by atoms with Gasteiger partial charge >= 0.3 is 0 Å². The Balaban J connectivity index is 1.70. The van der Waals surface area contributed by atoms with Crippen molar-refractivity contribution in [1.82, 2.24) is 5.43 Å². The van der Waals surface area contributed by atoms with E-state index in [2.05, 4.69) is 5.43 Å². The van der Waals surface area contributed by atoms with E-state index in [-0.39, 0.29) is 23.7 Å². The van der Waals surface area contributed by atoms with Crippen molar-refractivity contribution in [2.75, 3.05) is 12.1 Å². The first-order chi connectivity index (χ1) is 15.5. The molecule has 0 aromatic heterocycles. The highest BCUT2D eigenvalue weighted by atomic mass is 35.5. The third-order valence-electron chi connectivity index (χ3n) is 4.80. The van der Waals surface area contributed by atoms with E-state index in [1.54, 1.807) is 54.6 Å². The van der Waals surface area contributed by atoms with Crippen LogP contribution >= 0.6 is 11.6 Å². The lowest BCUT2D eigenvalue weighted by Gasteiger charge is -2.15. The summed E-state index contributed by atoms with van der Waals surface area (Å²) < 4.78 is 25.2. The van der Waals surface area contributed by atoms with Gasteiger partial charge in [-0.05, 0) is 30.3 Å². The molecule has 0 atom stereocenters. The van der Waals surface area contributed by atoms with Crippen LogP contribution in [0.1, 0.15) is 11.1 Å². The second-order valence-corrected chi connectivity index (χ2v) is 7.32. The first kappa shape index (κ1) is 21.4. The summed E-state index contributed by atoms with van der Waals surface area (Å²) in [5.41, 5.74) is 3.65. The van der Waals surface area contributed by atoms with Gasteiger partial charge in [0, 0.05) is 22.2 Å². The first-order valence-electron chi connectivity index (χ1n) is 9.64. The van der Waals surface area contributed by atoms with E-state index in [0.29, 0.717) is 21.8 Å². The molecule has 8 heteroatoms. The average molecular weight is 453 g/mol. The predicted octanol–water partition coefficient (Wildman–Crippen LogP) is 4.53. The molecule has 1 aliphatic heterocycles. The Hall–Kier alpha value is -3.84. The van der Waals surface area contributed by atoms with Crippen molar-refractivity contribution in [3.8, 4) is 11.5 Å². The van der Waals surface area contributed by atoms with Crippen LogP contribution in [0.4, 0.5) is 10.1 Å². The van der Waals surface area contributed by atoms with Crippen molar-refractivity contribution in [3.63, 3.8) is 0 Å².